The average Bonchev–Trinajstić information content (AvgIpc) is 2.18. The van der Waals surface area contributed by atoms with Crippen molar-refractivity contribution in [3.63, 3.8) is 0 Å². The van der Waals surface area contributed by atoms with Crippen LogP contribution < -0.4 is 16.8 Å². The van der Waals surface area contributed by atoms with E-state index in [2.05, 4.69) is 5.32 Å². The molecule has 0 saturated carbocycles. The molecule has 1 rings (SSSR count). The zero-order valence-corrected chi connectivity index (χ0v) is 8.92. The van der Waals surface area contributed by atoms with E-state index in [1.54, 1.807) is 0 Å². The van der Waals surface area contributed by atoms with Gasteiger partial charge in [-0.05, 0) is 25.0 Å². The van der Waals surface area contributed by atoms with Crippen LogP contribution in [0.4, 0.5) is 11.4 Å². The molecule has 1 aromatic carbocycles. The zero-order chi connectivity index (χ0) is 11.3. The normalized spacial score (nSPS) is 9.93. The first kappa shape index (κ1) is 11.4. The number of hydrogen-bond acceptors (Lipinski definition) is 3. The molecule has 0 atom stereocenters. The highest BCUT2D eigenvalue weighted by Gasteiger charge is 2.00. The van der Waals surface area contributed by atoms with Crippen molar-refractivity contribution in [3.05, 3.63) is 23.8 Å². The number of aryl methyl sites for hydroxylation is 1. The molecule has 0 heterocycles. The Bertz CT molecular complexity index is 350. The molecular formula is C11H17N3O. The van der Waals surface area contributed by atoms with Crippen LogP contribution in [0, 0.1) is 6.92 Å². The lowest BCUT2D eigenvalue weighted by atomic mass is 10.1. The molecule has 1 aromatic rings. The van der Waals surface area contributed by atoms with Crippen molar-refractivity contribution in [1.82, 2.24) is 0 Å². The Morgan fingerprint density at radius 2 is 2.20 bits per heavy atom. The molecule has 0 unspecified atom stereocenters. The molecule has 4 nitrogen and oxygen atoms in total. The van der Waals surface area contributed by atoms with E-state index in [-0.39, 0.29) is 5.91 Å². The van der Waals surface area contributed by atoms with Gasteiger partial charge in [-0.25, -0.2) is 0 Å². The van der Waals surface area contributed by atoms with E-state index in [1.807, 2.05) is 25.1 Å². The van der Waals surface area contributed by atoms with Gasteiger partial charge in [-0.15, -0.1) is 0 Å². The number of carbonyl (C=O) groups is 1. The van der Waals surface area contributed by atoms with E-state index in [9.17, 15) is 4.79 Å². The monoisotopic (exact) mass is 207 g/mol. The Hall–Kier alpha value is -1.71. The Labute approximate surface area is 89.6 Å². The summed E-state index contributed by atoms with van der Waals surface area (Å²) in [6.45, 7) is 2.67. The Morgan fingerprint density at radius 1 is 1.47 bits per heavy atom. The third-order valence-electron chi connectivity index (χ3n) is 2.24. The average molecular weight is 207 g/mol. The number of rotatable bonds is 5. The number of nitrogens with one attached hydrogen (secondary N) is 1. The number of amides is 1. The molecular weight excluding hydrogens is 190 g/mol. The number of nitrogen functional groups attached to an aromatic ring is 1. The maximum Gasteiger partial charge on any atom is 0.217 e. The first-order valence-corrected chi connectivity index (χ1v) is 4.98. The SMILES string of the molecule is Cc1cccc(NCCCC(N)=O)c1N. The van der Waals surface area contributed by atoms with E-state index in [0.29, 0.717) is 13.0 Å². The van der Waals surface area contributed by atoms with Crippen molar-refractivity contribution in [2.45, 2.75) is 19.8 Å². The van der Waals surface area contributed by atoms with Gasteiger partial charge in [0.2, 0.25) is 5.91 Å². The van der Waals surface area contributed by atoms with Crippen molar-refractivity contribution >= 4 is 17.3 Å². The molecule has 0 radical (unpaired) electrons. The summed E-state index contributed by atoms with van der Waals surface area (Å²) in [5, 5.41) is 3.18. The highest BCUT2D eigenvalue weighted by Crippen LogP contribution is 2.21. The van der Waals surface area contributed by atoms with Crippen LogP contribution in [0.15, 0.2) is 18.2 Å². The predicted octanol–water partition coefficient (Wildman–Crippen LogP) is 1.25. The van der Waals surface area contributed by atoms with Crippen molar-refractivity contribution in [2.75, 3.05) is 17.6 Å². The standard InChI is InChI=1S/C11H17N3O/c1-8-4-2-5-9(11(8)13)14-7-3-6-10(12)15/h2,4-5,14H,3,6-7,13H2,1H3,(H2,12,15). The molecule has 82 valence electrons. The minimum Gasteiger partial charge on any atom is -0.397 e. The van der Waals surface area contributed by atoms with Gasteiger partial charge in [-0.3, -0.25) is 4.79 Å². The van der Waals surface area contributed by atoms with E-state index < -0.39 is 0 Å². The number of nitrogens with two attached hydrogens (primary N) is 2. The first-order valence-electron chi connectivity index (χ1n) is 4.98. The number of carbonyl (C=O) groups excluding carboxylic acids is 1. The van der Waals surface area contributed by atoms with Crippen LogP contribution in [-0.2, 0) is 4.79 Å². The maximum absolute atomic E-state index is 10.5. The lowest BCUT2D eigenvalue weighted by Crippen LogP contribution is -2.13. The van der Waals surface area contributed by atoms with Crippen molar-refractivity contribution in [3.8, 4) is 0 Å². The fourth-order valence-electron chi connectivity index (χ4n) is 1.32. The third kappa shape index (κ3) is 3.50. The van der Waals surface area contributed by atoms with Gasteiger partial charge in [0.15, 0.2) is 0 Å². The second kappa shape index (κ2) is 5.24. The minimum absolute atomic E-state index is 0.269. The molecule has 5 N–H and O–H groups in total. The largest absolute Gasteiger partial charge is 0.397 e. The van der Waals surface area contributed by atoms with Crippen LogP contribution in [0.3, 0.4) is 0 Å². The van der Waals surface area contributed by atoms with Gasteiger partial charge in [0.1, 0.15) is 0 Å². The molecule has 1 amide bonds. The van der Waals surface area contributed by atoms with E-state index in [0.717, 1.165) is 23.4 Å². The maximum atomic E-state index is 10.5. The Balaban J connectivity index is 2.44. The molecule has 0 fully saturated rings. The van der Waals surface area contributed by atoms with Crippen LogP contribution in [0.2, 0.25) is 0 Å². The lowest BCUT2D eigenvalue weighted by Gasteiger charge is -2.10. The van der Waals surface area contributed by atoms with Gasteiger partial charge >= 0.3 is 0 Å². The summed E-state index contributed by atoms with van der Waals surface area (Å²) in [4.78, 5) is 10.5. The number of hydrogen-bond donors (Lipinski definition) is 3. The summed E-state index contributed by atoms with van der Waals surface area (Å²) in [6.07, 6.45) is 1.13. The van der Waals surface area contributed by atoms with E-state index >= 15 is 0 Å². The van der Waals surface area contributed by atoms with Gasteiger partial charge in [-0.2, -0.15) is 0 Å². The zero-order valence-electron chi connectivity index (χ0n) is 8.92. The lowest BCUT2D eigenvalue weighted by molar-refractivity contribution is -0.118. The molecule has 15 heavy (non-hydrogen) atoms. The topological polar surface area (TPSA) is 81.1 Å². The Morgan fingerprint density at radius 3 is 2.87 bits per heavy atom. The molecule has 0 aliphatic carbocycles. The summed E-state index contributed by atoms with van der Waals surface area (Å²) in [7, 11) is 0. The second-order valence-corrected chi connectivity index (χ2v) is 3.53. The molecule has 0 spiro atoms. The third-order valence-corrected chi connectivity index (χ3v) is 2.24. The summed E-state index contributed by atoms with van der Waals surface area (Å²) in [6, 6.07) is 5.83. The van der Waals surface area contributed by atoms with Gasteiger partial charge in [0.05, 0.1) is 11.4 Å². The van der Waals surface area contributed by atoms with Crippen LogP contribution in [-0.4, -0.2) is 12.5 Å². The molecule has 0 bridgehead atoms. The second-order valence-electron chi connectivity index (χ2n) is 3.53. The van der Waals surface area contributed by atoms with Crippen LogP contribution in [0.5, 0.6) is 0 Å². The summed E-state index contributed by atoms with van der Waals surface area (Å²) in [5.41, 5.74) is 13.6. The van der Waals surface area contributed by atoms with Gasteiger partial charge in [0, 0.05) is 13.0 Å². The van der Waals surface area contributed by atoms with Gasteiger partial charge in [0.25, 0.3) is 0 Å². The highest BCUT2D eigenvalue weighted by atomic mass is 16.1. The summed E-state index contributed by atoms with van der Waals surface area (Å²) >= 11 is 0. The molecule has 0 aliphatic heterocycles. The molecule has 0 aromatic heterocycles. The fourth-order valence-corrected chi connectivity index (χ4v) is 1.32. The predicted molar refractivity (Wildman–Crippen MR) is 62.5 cm³/mol. The molecule has 4 heteroatoms. The van der Waals surface area contributed by atoms with E-state index in [1.165, 1.54) is 0 Å². The highest BCUT2D eigenvalue weighted by molar-refractivity contribution is 5.74. The number of benzene rings is 1. The quantitative estimate of drug-likeness (QED) is 0.502. The molecule has 0 aliphatic rings. The van der Waals surface area contributed by atoms with Crippen LogP contribution in [0.25, 0.3) is 0 Å². The molecule has 0 saturated heterocycles. The smallest absolute Gasteiger partial charge is 0.217 e. The number of para-hydroxylation sites is 1. The van der Waals surface area contributed by atoms with E-state index in [4.69, 9.17) is 11.5 Å². The van der Waals surface area contributed by atoms with Gasteiger partial charge < -0.3 is 16.8 Å². The Kier molecular flexibility index (Phi) is 3.97. The van der Waals surface area contributed by atoms with Crippen LogP contribution >= 0.6 is 0 Å². The van der Waals surface area contributed by atoms with Crippen molar-refractivity contribution in [2.24, 2.45) is 5.73 Å². The minimum atomic E-state index is -0.269. The summed E-state index contributed by atoms with van der Waals surface area (Å²) < 4.78 is 0. The van der Waals surface area contributed by atoms with Crippen molar-refractivity contribution in [1.29, 1.82) is 0 Å². The van der Waals surface area contributed by atoms with Gasteiger partial charge in [-0.1, -0.05) is 12.1 Å². The fraction of sp³-hybridized carbons (Fsp3) is 0.364. The van der Waals surface area contributed by atoms with Crippen LogP contribution in [0.1, 0.15) is 18.4 Å². The number of anilines is 2. The van der Waals surface area contributed by atoms with Crippen molar-refractivity contribution < 1.29 is 4.79 Å². The number of primary amides is 1. The summed E-state index contributed by atoms with van der Waals surface area (Å²) in [5.74, 6) is -0.269. The first-order chi connectivity index (χ1) is 7.11.